The lowest BCUT2D eigenvalue weighted by Gasteiger charge is -2.13. The van der Waals surface area contributed by atoms with Crippen molar-refractivity contribution in [2.24, 2.45) is 5.73 Å². The highest BCUT2D eigenvalue weighted by Crippen LogP contribution is 2.32. The van der Waals surface area contributed by atoms with Gasteiger partial charge in [-0.25, -0.2) is 0 Å². The maximum absolute atomic E-state index is 11.2. The van der Waals surface area contributed by atoms with Gasteiger partial charge in [0.25, 0.3) is 0 Å². The lowest BCUT2D eigenvalue weighted by Crippen LogP contribution is -2.17. The van der Waals surface area contributed by atoms with Crippen LogP contribution in [0.25, 0.3) is 0 Å². The van der Waals surface area contributed by atoms with E-state index in [-0.39, 0.29) is 36.9 Å². The second kappa shape index (κ2) is 6.98. The Morgan fingerprint density at radius 2 is 2.12 bits per heavy atom. The molecule has 0 spiro atoms. The third kappa shape index (κ3) is 4.13. The second-order valence-corrected chi connectivity index (χ2v) is 3.33. The van der Waals surface area contributed by atoms with Gasteiger partial charge in [-0.1, -0.05) is 12.1 Å². The number of rotatable bonds is 4. The lowest BCUT2D eigenvalue weighted by atomic mass is 10.0. The third-order valence-electron chi connectivity index (χ3n) is 2.14. The molecule has 0 aromatic heterocycles. The van der Waals surface area contributed by atoms with Crippen molar-refractivity contribution in [3.05, 3.63) is 23.8 Å². The van der Waals surface area contributed by atoms with Crippen LogP contribution in [0.2, 0.25) is 0 Å². The third-order valence-corrected chi connectivity index (χ3v) is 2.14. The Balaban J connectivity index is 0.00000256. The van der Waals surface area contributed by atoms with E-state index in [0.717, 1.165) is 0 Å². The molecule has 0 radical (unpaired) electrons. The monoisotopic (exact) mass is 261 g/mol. The summed E-state index contributed by atoms with van der Waals surface area (Å²) in [5.74, 6) is -0.978. The molecule has 1 aromatic carbocycles. The van der Waals surface area contributed by atoms with E-state index in [1.807, 2.05) is 0 Å². The number of esters is 1. The zero-order valence-corrected chi connectivity index (χ0v) is 10.2. The van der Waals surface area contributed by atoms with E-state index in [4.69, 9.17) is 10.5 Å². The average Bonchev–Trinajstić information content (AvgIpc) is 2.22. The van der Waals surface area contributed by atoms with Crippen LogP contribution in [0.5, 0.6) is 11.5 Å². The largest absolute Gasteiger partial charge is 0.504 e. The Kier molecular flexibility index (Phi) is 6.38. The van der Waals surface area contributed by atoms with E-state index < -0.39 is 12.0 Å². The molecule has 5 nitrogen and oxygen atoms in total. The standard InChI is InChI=1S/C11H15NO4.ClH/c1-2-16-10(14)6-8(12)7-4-3-5-9(13)11(7)15;/h3-5,8,13,15H,2,6,12H2,1H3;1H/t8-;/m1./s1. The van der Waals surface area contributed by atoms with E-state index in [0.29, 0.717) is 5.56 Å². The van der Waals surface area contributed by atoms with Gasteiger partial charge in [-0.3, -0.25) is 4.79 Å². The van der Waals surface area contributed by atoms with Gasteiger partial charge in [0.15, 0.2) is 11.5 Å². The Morgan fingerprint density at radius 1 is 1.47 bits per heavy atom. The normalized spacial score (nSPS) is 11.4. The van der Waals surface area contributed by atoms with Crippen molar-refractivity contribution in [1.82, 2.24) is 0 Å². The van der Waals surface area contributed by atoms with Crippen molar-refractivity contribution in [3.8, 4) is 11.5 Å². The number of ether oxygens (including phenoxy) is 1. The first-order chi connectivity index (χ1) is 7.56. The number of hydrogen-bond donors (Lipinski definition) is 3. The molecule has 0 fully saturated rings. The lowest BCUT2D eigenvalue weighted by molar-refractivity contribution is -0.143. The fourth-order valence-corrected chi connectivity index (χ4v) is 1.36. The maximum atomic E-state index is 11.2. The number of phenolic OH excluding ortho intramolecular Hbond substituents is 2. The molecule has 1 aromatic rings. The number of halogens is 1. The van der Waals surface area contributed by atoms with Gasteiger partial charge in [-0.15, -0.1) is 12.4 Å². The summed E-state index contributed by atoms with van der Waals surface area (Å²) in [6, 6.07) is 3.76. The first-order valence-corrected chi connectivity index (χ1v) is 4.98. The van der Waals surface area contributed by atoms with E-state index in [9.17, 15) is 15.0 Å². The molecule has 0 unspecified atom stereocenters. The summed E-state index contributed by atoms with van der Waals surface area (Å²) in [7, 11) is 0. The summed E-state index contributed by atoms with van der Waals surface area (Å²) in [5.41, 5.74) is 6.05. The summed E-state index contributed by atoms with van der Waals surface area (Å²) >= 11 is 0. The molecule has 0 heterocycles. The fraction of sp³-hybridized carbons (Fsp3) is 0.364. The van der Waals surface area contributed by atoms with E-state index >= 15 is 0 Å². The smallest absolute Gasteiger partial charge is 0.307 e. The zero-order valence-electron chi connectivity index (χ0n) is 9.42. The molecule has 4 N–H and O–H groups in total. The maximum Gasteiger partial charge on any atom is 0.307 e. The summed E-state index contributed by atoms with van der Waals surface area (Å²) in [4.78, 5) is 11.2. The predicted molar refractivity (Wildman–Crippen MR) is 65.2 cm³/mol. The number of phenols is 2. The SMILES string of the molecule is CCOC(=O)C[C@@H](N)c1cccc(O)c1O.Cl. The van der Waals surface area contributed by atoms with Crippen LogP contribution in [0.3, 0.4) is 0 Å². The van der Waals surface area contributed by atoms with Crippen LogP contribution in [0.1, 0.15) is 24.9 Å². The Bertz CT molecular complexity index is 384. The minimum absolute atomic E-state index is 0. The van der Waals surface area contributed by atoms with Crippen LogP contribution in [0.15, 0.2) is 18.2 Å². The zero-order chi connectivity index (χ0) is 12.1. The first-order valence-electron chi connectivity index (χ1n) is 4.98. The molecule has 1 atom stereocenters. The van der Waals surface area contributed by atoms with Gasteiger partial charge in [0.1, 0.15) is 0 Å². The molecule has 0 saturated carbocycles. The summed E-state index contributed by atoms with van der Waals surface area (Å²) in [5, 5.41) is 18.8. The Morgan fingerprint density at radius 3 is 2.71 bits per heavy atom. The highest BCUT2D eigenvalue weighted by Gasteiger charge is 2.17. The highest BCUT2D eigenvalue weighted by molar-refractivity contribution is 5.85. The summed E-state index contributed by atoms with van der Waals surface area (Å²) < 4.78 is 4.74. The van der Waals surface area contributed by atoms with Gasteiger partial charge in [-0.2, -0.15) is 0 Å². The van der Waals surface area contributed by atoms with Gasteiger partial charge < -0.3 is 20.7 Å². The number of para-hydroxylation sites is 1. The van der Waals surface area contributed by atoms with Crippen molar-refractivity contribution in [2.75, 3.05) is 6.61 Å². The number of carbonyl (C=O) groups excluding carboxylic acids is 1. The van der Waals surface area contributed by atoms with Crippen molar-refractivity contribution in [2.45, 2.75) is 19.4 Å². The van der Waals surface area contributed by atoms with Gasteiger partial charge >= 0.3 is 5.97 Å². The molecule has 0 aliphatic rings. The Labute approximate surface area is 106 Å². The molecule has 96 valence electrons. The summed E-state index contributed by atoms with van der Waals surface area (Å²) in [6.45, 7) is 1.99. The number of carbonyl (C=O) groups is 1. The molecular weight excluding hydrogens is 246 g/mol. The first kappa shape index (κ1) is 15.5. The van der Waals surface area contributed by atoms with Crippen molar-refractivity contribution in [3.63, 3.8) is 0 Å². The van der Waals surface area contributed by atoms with Crippen molar-refractivity contribution < 1.29 is 19.7 Å². The average molecular weight is 262 g/mol. The van der Waals surface area contributed by atoms with Crippen LogP contribution in [-0.2, 0) is 9.53 Å². The van der Waals surface area contributed by atoms with E-state index in [1.54, 1.807) is 19.1 Å². The number of aromatic hydroxyl groups is 2. The van der Waals surface area contributed by atoms with Crippen LogP contribution in [0, 0.1) is 0 Å². The topological polar surface area (TPSA) is 92.8 Å². The summed E-state index contributed by atoms with van der Waals surface area (Å²) in [6.07, 6.45) is -0.0369. The Hall–Kier alpha value is -1.46. The van der Waals surface area contributed by atoms with E-state index in [2.05, 4.69) is 0 Å². The molecule has 0 aliphatic heterocycles. The van der Waals surface area contributed by atoms with Gasteiger partial charge in [0.05, 0.1) is 13.0 Å². The number of nitrogens with two attached hydrogens (primary N) is 1. The predicted octanol–water partition coefficient (Wildman–Crippen LogP) is 1.47. The molecule has 1 rings (SSSR count). The number of hydrogen-bond acceptors (Lipinski definition) is 5. The highest BCUT2D eigenvalue weighted by atomic mass is 35.5. The molecule has 0 saturated heterocycles. The van der Waals surface area contributed by atoms with Crippen molar-refractivity contribution >= 4 is 18.4 Å². The molecule has 0 aliphatic carbocycles. The van der Waals surface area contributed by atoms with Crippen LogP contribution >= 0.6 is 12.4 Å². The van der Waals surface area contributed by atoms with Crippen LogP contribution in [-0.4, -0.2) is 22.8 Å². The number of benzene rings is 1. The molecule has 17 heavy (non-hydrogen) atoms. The minimum Gasteiger partial charge on any atom is -0.504 e. The van der Waals surface area contributed by atoms with Gasteiger partial charge in [-0.05, 0) is 13.0 Å². The van der Waals surface area contributed by atoms with Crippen molar-refractivity contribution in [1.29, 1.82) is 0 Å². The van der Waals surface area contributed by atoms with Crippen LogP contribution < -0.4 is 5.73 Å². The van der Waals surface area contributed by atoms with Gasteiger partial charge in [0.2, 0.25) is 0 Å². The quantitative estimate of drug-likeness (QED) is 0.564. The minimum atomic E-state index is -0.689. The molecule has 0 bridgehead atoms. The fourth-order valence-electron chi connectivity index (χ4n) is 1.36. The molecular formula is C11H16ClNO4. The molecule has 0 amide bonds. The second-order valence-electron chi connectivity index (χ2n) is 3.33. The van der Waals surface area contributed by atoms with Gasteiger partial charge in [0, 0.05) is 11.6 Å². The van der Waals surface area contributed by atoms with Crippen LogP contribution in [0.4, 0.5) is 0 Å². The molecule has 6 heteroatoms. The van der Waals surface area contributed by atoms with E-state index in [1.165, 1.54) is 6.07 Å².